The first-order valence-electron chi connectivity index (χ1n) is 9.12. The minimum absolute atomic E-state index is 0.0317. The van der Waals surface area contributed by atoms with Crippen molar-refractivity contribution in [2.24, 2.45) is 4.99 Å². The number of halogens is 5. The number of nitrogens with zero attached hydrogens (tertiary/aromatic N) is 2. The predicted molar refractivity (Wildman–Crippen MR) is 111 cm³/mol. The van der Waals surface area contributed by atoms with Gasteiger partial charge in [-0.1, -0.05) is 6.07 Å². The molecule has 3 rings (SSSR count). The van der Waals surface area contributed by atoms with Crippen molar-refractivity contribution in [2.75, 3.05) is 13.7 Å². The topological polar surface area (TPSA) is 83.7 Å². The third kappa shape index (κ3) is 6.01. The fourth-order valence-electron chi connectivity index (χ4n) is 2.69. The van der Waals surface area contributed by atoms with Gasteiger partial charge in [-0.25, -0.2) is 8.78 Å². The predicted octanol–water partition coefficient (Wildman–Crippen LogP) is 5.20. The third-order valence-electron chi connectivity index (χ3n) is 4.15. The van der Waals surface area contributed by atoms with Gasteiger partial charge in [0.25, 0.3) is 12.3 Å². The van der Waals surface area contributed by atoms with E-state index in [1.54, 1.807) is 6.07 Å². The summed E-state index contributed by atoms with van der Waals surface area (Å²) < 4.78 is 75.4. The molecule has 172 valence electrons. The quantitative estimate of drug-likeness (QED) is 0.449. The van der Waals surface area contributed by atoms with Gasteiger partial charge in [0, 0.05) is 0 Å². The molecule has 1 aliphatic heterocycles. The SMILES string of the molecule is COc1cc(/C=C2/SC(NCC(F)F)=NC2=O)ccc1Oc1ccc(C#N)cc1C(F)(F)F. The number of methoxy groups -OCH3 is 1. The molecule has 0 spiro atoms. The molecule has 2 aromatic rings. The molecule has 0 fully saturated rings. The zero-order valence-electron chi connectivity index (χ0n) is 16.7. The minimum Gasteiger partial charge on any atom is -0.493 e. The smallest absolute Gasteiger partial charge is 0.420 e. The lowest BCUT2D eigenvalue weighted by Crippen LogP contribution is -2.25. The molecule has 0 saturated heterocycles. The Kier molecular flexibility index (Phi) is 7.23. The highest BCUT2D eigenvalue weighted by atomic mass is 32.2. The number of benzene rings is 2. The van der Waals surface area contributed by atoms with Gasteiger partial charge in [-0.3, -0.25) is 4.79 Å². The zero-order chi connectivity index (χ0) is 24.2. The number of aliphatic imine (C=N–C) groups is 1. The Morgan fingerprint density at radius 1 is 1.18 bits per heavy atom. The van der Waals surface area contributed by atoms with Crippen molar-refractivity contribution in [3.05, 3.63) is 58.0 Å². The molecule has 0 radical (unpaired) electrons. The highest BCUT2D eigenvalue weighted by Crippen LogP contribution is 2.41. The molecule has 1 heterocycles. The van der Waals surface area contributed by atoms with E-state index in [0.717, 1.165) is 17.8 Å². The van der Waals surface area contributed by atoms with Crippen molar-refractivity contribution in [2.45, 2.75) is 12.6 Å². The first-order chi connectivity index (χ1) is 15.6. The lowest BCUT2D eigenvalue weighted by molar-refractivity contribution is -0.138. The molecule has 0 unspecified atom stereocenters. The molecule has 12 heteroatoms. The second-order valence-corrected chi connectivity index (χ2v) is 7.47. The van der Waals surface area contributed by atoms with E-state index in [0.29, 0.717) is 11.6 Å². The highest BCUT2D eigenvalue weighted by molar-refractivity contribution is 8.18. The van der Waals surface area contributed by atoms with Gasteiger partial charge in [0.2, 0.25) is 0 Å². The number of carbonyl (C=O) groups excluding carboxylic acids is 1. The van der Waals surface area contributed by atoms with Crippen LogP contribution < -0.4 is 14.8 Å². The second kappa shape index (κ2) is 9.91. The van der Waals surface area contributed by atoms with E-state index in [1.807, 2.05) is 0 Å². The molecular formula is C21H14F5N3O3S. The molecular weight excluding hydrogens is 469 g/mol. The van der Waals surface area contributed by atoms with Crippen LogP contribution in [-0.2, 0) is 11.0 Å². The number of hydrogen-bond acceptors (Lipinski definition) is 6. The lowest BCUT2D eigenvalue weighted by Gasteiger charge is -2.16. The van der Waals surface area contributed by atoms with Crippen LogP contribution in [0, 0.1) is 11.3 Å². The highest BCUT2D eigenvalue weighted by Gasteiger charge is 2.35. The molecule has 1 amide bonds. The largest absolute Gasteiger partial charge is 0.493 e. The van der Waals surface area contributed by atoms with Gasteiger partial charge in [0.05, 0.1) is 35.8 Å². The average molecular weight is 483 g/mol. The zero-order valence-corrected chi connectivity index (χ0v) is 17.6. The first kappa shape index (κ1) is 24.1. The molecule has 1 N–H and O–H groups in total. The van der Waals surface area contributed by atoms with Crippen molar-refractivity contribution in [1.29, 1.82) is 5.26 Å². The lowest BCUT2D eigenvalue weighted by atomic mass is 10.1. The Hall–Kier alpha value is -3.59. The molecule has 1 aliphatic rings. The third-order valence-corrected chi connectivity index (χ3v) is 5.09. The fraction of sp³-hybridized carbons (Fsp3) is 0.190. The number of carbonyl (C=O) groups is 1. The summed E-state index contributed by atoms with van der Waals surface area (Å²) in [4.78, 5) is 15.8. The van der Waals surface area contributed by atoms with Crippen LogP contribution >= 0.6 is 11.8 Å². The van der Waals surface area contributed by atoms with Gasteiger partial charge < -0.3 is 14.8 Å². The maximum Gasteiger partial charge on any atom is 0.420 e. The number of ether oxygens (including phenoxy) is 2. The van der Waals surface area contributed by atoms with Gasteiger partial charge in [-0.05, 0) is 53.7 Å². The minimum atomic E-state index is -4.75. The van der Waals surface area contributed by atoms with E-state index in [9.17, 15) is 26.7 Å². The molecule has 6 nitrogen and oxygen atoms in total. The number of rotatable bonds is 6. The van der Waals surface area contributed by atoms with Gasteiger partial charge in [-0.15, -0.1) is 0 Å². The molecule has 0 bridgehead atoms. The van der Waals surface area contributed by atoms with Crippen LogP contribution in [0.15, 0.2) is 46.3 Å². The Bertz CT molecular complexity index is 1170. The van der Waals surface area contributed by atoms with Crippen molar-refractivity contribution in [3.63, 3.8) is 0 Å². The van der Waals surface area contributed by atoms with Gasteiger partial charge in [0.15, 0.2) is 16.7 Å². The van der Waals surface area contributed by atoms with Gasteiger partial charge in [0.1, 0.15) is 5.75 Å². The molecule has 0 saturated carbocycles. The summed E-state index contributed by atoms with van der Waals surface area (Å²) in [5, 5.41) is 11.3. The first-order valence-corrected chi connectivity index (χ1v) is 9.94. The summed E-state index contributed by atoms with van der Waals surface area (Å²) in [6.07, 6.45) is -5.93. The summed E-state index contributed by atoms with van der Waals surface area (Å²) in [5.74, 6) is -1.09. The number of hydrogen-bond donors (Lipinski definition) is 1. The summed E-state index contributed by atoms with van der Waals surface area (Å²) in [5.41, 5.74) is -0.855. The van der Waals surface area contributed by atoms with Gasteiger partial charge >= 0.3 is 6.18 Å². The second-order valence-electron chi connectivity index (χ2n) is 6.44. The number of amidine groups is 1. The molecule has 0 aromatic heterocycles. The van der Waals surface area contributed by atoms with Gasteiger partial charge in [-0.2, -0.15) is 23.4 Å². The van der Waals surface area contributed by atoms with Crippen LogP contribution in [0.3, 0.4) is 0 Å². The molecule has 33 heavy (non-hydrogen) atoms. The summed E-state index contributed by atoms with van der Waals surface area (Å²) in [6.45, 7) is -0.651. The van der Waals surface area contributed by atoms with E-state index in [1.165, 1.54) is 37.5 Å². The molecule has 2 aromatic carbocycles. The average Bonchev–Trinajstić information content (AvgIpc) is 3.11. The van der Waals surface area contributed by atoms with E-state index >= 15 is 0 Å². The number of thioether (sulfide) groups is 1. The maximum absolute atomic E-state index is 13.4. The van der Waals surface area contributed by atoms with Crippen LogP contribution in [0.2, 0.25) is 0 Å². The van der Waals surface area contributed by atoms with Crippen molar-refractivity contribution in [1.82, 2.24) is 5.32 Å². The maximum atomic E-state index is 13.4. The fourth-order valence-corrected chi connectivity index (χ4v) is 3.51. The van der Waals surface area contributed by atoms with Crippen molar-refractivity contribution >= 4 is 28.9 Å². The van der Waals surface area contributed by atoms with Crippen LogP contribution in [0.25, 0.3) is 6.08 Å². The summed E-state index contributed by atoms with van der Waals surface area (Å²) in [7, 11) is 1.29. The van der Waals surface area contributed by atoms with Crippen LogP contribution in [0.4, 0.5) is 22.0 Å². The number of nitrogens with one attached hydrogen (secondary N) is 1. The van der Waals surface area contributed by atoms with Crippen LogP contribution in [0.1, 0.15) is 16.7 Å². The Morgan fingerprint density at radius 2 is 1.91 bits per heavy atom. The monoisotopic (exact) mass is 483 g/mol. The summed E-state index contributed by atoms with van der Waals surface area (Å²) in [6, 6.07) is 8.81. The number of amides is 1. The van der Waals surface area contributed by atoms with Crippen molar-refractivity contribution < 1.29 is 36.2 Å². The van der Waals surface area contributed by atoms with Crippen LogP contribution in [-0.4, -0.2) is 31.2 Å². The summed E-state index contributed by atoms with van der Waals surface area (Å²) >= 11 is 0.878. The Labute approximate surface area is 188 Å². The van der Waals surface area contributed by atoms with Crippen molar-refractivity contribution in [3.8, 4) is 23.3 Å². The Balaban J connectivity index is 1.84. The van der Waals surface area contributed by atoms with E-state index in [2.05, 4.69) is 10.3 Å². The van der Waals surface area contributed by atoms with E-state index in [4.69, 9.17) is 14.7 Å². The molecule has 0 atom stereocenters. The van der Waals surface area contributed by atoms with Crippen LogP contribution in [0.5, 0.6) is 17.2 Å². The Morgan fingerprint density at radius 3 is 2.55 bits per heavy atom. The van der Waals surface area contributed by atoms with E-state index < -0.39 is 36.4 Å². The number of alkyl halides is 5. The standard InChI is InChI=1S/C21H14F5N3O3S/c1-31-16-7-11(8-17-19(30)29-20(33-17)28-10-18(22)23)2-5-15(16)32-14-4-3-12(9-27)6-13(14)21(24,25)26/h2-8,18H,10H2,1H3,(H,28,29,30)/b17-8+. The van der Waals surface area contributed by atoms with E-state index in [-0.39, 0.29) is 27.1 Å². The molecule has 0 aliphatic carbocycles. The normalized spacial score (nSPS) is 14.9. The number of nitriles is 1.